The number of amides is 1. The normalized spacial score (nSPS) is 9.12. The maximum atomic E-state index is 11.5. The molecule has 0 fully saturated rings. The molecule has 0 aliphatic heterocycles. The second kappa shape index (κ2) is 6.65. The van der Waals surface area contributed by atoms with E-state index in [4.69, 9.17) is 0 Å². The van der Waals surface area contributed by atoms with Gasteiger partial charge in [-0.05, 0) is 25.5 Å². The van der Waals surface area contributed by atoms with Gasteiger partial charge in [-0.25, -0.2) is 0 Å². The van der Waals surface area contributed by atoms with E-state index in [0.717, 1.165) is 11.3 Å². The molecule has 0 saturated heterocycles. The van der Waals surface area contributed by atoms with E-state index in [1.807, 2.05) is 31.2 Å². The maximum Gasteiger partial charge on any atom is 0.238 e. The van der Waals surface area contributed by atoms with Crippen LogP contribution in [0.4, 0.5) is 5.69 Å². The first-order chi connectivity index (χ1) is 7.74. The zero-order valence-corrected chi connectivity index (χ0v) is 9.63. The Balaban J connectivity index is 2.39. The van der Waals surface area contributed by atoms with Gasteiger partial charge in [0.05, 0.1) is 13.1 Å². The summed E-state index contributed by atoms with van der Waals surface area (Å²) >= 11 is 0. The average Bonchev–Trinajstić information content (AvgIpc) is 2.28. The Morgan fingerprint density at radius 2 is 2.12 bits per heavy atom. The molecule has 1 aromatic carbocycles. The van der Waals surface area contributed by atoms with E-state index in [1.165, 1.54) is 0 Å². The first kappa shape index (κ1) is 12.3. The van der Waals surface area contributed by atoms with Crippen molar-refractivity contribution in [3.8, 4) is 11.8 Å². The minimum Gasteiger partial charge on any atom is -0.325 e. The molecule has 0 aliphatic rings. The van der Waals surface area contributed by atoms with Crippen molar-refractivity contribution in [1.29, 1.82) is 0 Å². The molecule has 0 heterocycles. The summed E-state index contributed by atoms with van der Waals surface area (Å²) in [7, 11) is 0. The van der Waals surface area contributed by atoms with Crippen molar-refractivity contribution in [2.75, 3.05) is 18.4 Å². The van der Waals surface area contributed by atoms with Gasteiger partial charge in [0.15, 0.2) is 0 Å². The van der Waals surface area contributed by atoms with Crippen LogP contribution in [-0.2, 0) is 4.79 Å². The minimum atomic E-state index is -0.0489. The molecule has 0 spiro atoms. The van der Waals surface area contributed by atoms with Crippen LogP contribution < -0.4 is 10.6 Å². The lowest BCUT2D eigenvalue weighted by Crippen LogP contribution is -2.28. The van der Waals surface area contributed by atoms with Crippen LogP contribution in [0.3, 0.4) is 0 Å². The monoisotopic (exact) mass is 216 g/mol. The van der Waals surface area contributed by atoms with Crippen molar-refractivity contribution in [2.45, 2.75) is 13.8 Å². The third-order valence-corrected chi connectivity index (χ3v) is 2.09. The molecule has 1 rings (SSSR count). The predicted molar refractivity (Wildman–Crippen MR) is 66.1 cm³/mol. The van der Waals surface area contributed by atoms with E-state index in [-0.39, 0.29) is 12.5 Å². The van der Waals surface area contributed by atoms with Crippen molar-refractivity contribution in [3.05, 3.63) is 29.8 Å². The molecular weight excluding hydrogens is 200 g/mol. The number of anilines is 1. The summed E-state index contributed by atoms with van der Waals surface area (Å²) in [5.41, 5.74) is 1.92. The van der Waals surface area contributed by atoms with E-state index >= 15 is 0 Å². The number of carbonyl (C=O) groups is 1. The molecule has 1 aromatic rings. The molecule has 0 bridgehead atoms. The summed E-state index contributed by atoms with van der Waals surface area (Å²) in [6.07, 6.45) is 0. The van der Waals surface area contributed by atoms with Gasteiger partial charge in [-0.3, -0.25) is 10.1 Å². The third-order valence-electron chi connectivity index (χ3n) is 2.09. The smallest absolute Gasteiger partial charge is 0.238 e. The molecule has 0 aliphatic carbocycles. The van der Waals surface area contributed by atoms with Gasteiger partial charge in [-0.2, -0.15) is 0 Å². The lowest BCUT2D eigenvalue weighted by Gasteiger charge is -2.07. The highest BCUT2D eigenvalue weighted by molar-refractivity contribution is 5.92. The molecule has 0 unspecified atom stereocenters. The Bertz CT molecular complexity index is 415. The summed E-state index contributed by atoms with van der Waals surface area (Å²) in [5.74, 6) is 5.54. The summed E-state index contributed by atoms with van der Waals surface area (Å²) in [4.78, 5) is 11.5. The van der Waals surface area contributed by atoms with Gasteiger partial charge < -0.3 is 5.32 Å². The van der Waals surface area contributed by atoms with Crippen LogP contribution in [0.15, 0.2) is 24.3 Å². The van der Waals surface area contributed by atoms with E-state index in [2.05, 4.69) is 22.5 Å². The molecule has 84 valence electrons. The molecule has 3 nitrogen and oxygen atoms in total. The first-order valence-corrected chi connectivity index (χ1v) is 5.20. The number of benzene rings is 1. The maximum absolute atomic E-state index is 11.5. The molecule has 0 radical (unpaired) electrons. The van der Waals surface area contributed by atoms with Crippen molar-refractivity contribution in [1.82, 2.24) is 5.32 Å². The predicted octanol–water partition coefficient (Wildman–Crippen LogP) is 1.55. The van der Waals surface area contributed by atoms with Gasteiger partial charge in [-0.15, -0.1) is 5.92 Å². The molecule has 3 heteroatoms. The van der Waals surface area contributed by atoms with Gasteiger partial charge in [-0.1, -0.05) is 24.1 Å². The van der Waals surface area contributed by atoms with Gasteiger partial charge in [0.1, 0.15) is 0 Å². The van der Waals surface area contributed by atoms with Crippen molar-refractivity contribution >= 4 is 11.6 Å². The van der Waals surface area contributed by atoms with Crippen LogP contribution in [0, 0.1) is 18.8 Å². The molecule has 0 atom stereocenters. The quantitative estimate of drug-likeness (QED) is 0.592. The summed E-state index contributed by atoms with van der Waals surface area (Å²) in [6.45, 7) is 4.56. The summed E-state index contributed by atoms with van der Waals surface area (Å²) in [5, 5.41) is 5.78. The zero-order chi connectivity index (χ0) is 11.8. The molecule has 2 N–H and O–H groups in total. The second-order valence-corrected chi connectivity index (χ2v) is 3.39. The van der Waals surface area contributed by atoms with Crippen LogP contribution >= 0.6 is 0 Å². The topological polar surface area (TPSA) is 41.1 Å². The number of rotatable bonds is 4. The van der Waals surface area contributed by atoms with E-state index in [0.29, 0.717) is 6.54 Å². The van der Waals surface area contributed by atoms with Crippen LogP contribution in [0.1, 0.15) is 12.5 Å². The van der Waals surface area contributed by atoms with Crippen molar-refractivity contribution in [2.24, 2.45) is 0 Å². The van der Waals surface area contributed by atoms with Gasteiger partial charge in [0.2, 0.25) is 5.91 Å². The largest absolute Gasteiger partial charge is 0.325 e. The number of carbonyl (C=O) groups excluding carboxylic acids is 1. The molecule has 16 heavy (non-hydrogen) atoms. The Morgan fingerprint density at radius 1 is 1.38 bits per heavy atom. The van der Waals surface area contributed by atoms with Crippen molar-refractivity contribution < 1.29 is 4.79 Å². The molecule has 1 amide bonds. The lowest BCUT2D eigenvalue weighted by atomic mass is 10.2. The Labute approximate surface area is 96.2 Å². The highest BCUT2D eigenvalue weighted by Crippen LogP contribution is 2.12. The highest BCUT2D eigenvalue weighted by atomic mass is 16.1. The molecule has 0 aromatic heterocycles. The van der Waals surface area contributed by atoms with E-state index < -0.39 is 0 Å². The number of aryl methyl sites for hydroxylation is 1. The summed E-state index contributed by atoms with van der Waals surface area (Å²) in [6, 6.07) is 7.70. The first-order valence-electron chi connectivity index (χ1n) is 5.20. The number of nitrogens with one attached hydrogen (secondary N) is 2. The van der Waals surface area contributed by atoms with E-state index in [1.54, 1.807) is 6.92 Å². The standard InChI is InChI=1S/C13H16N2O/c1-3-4-9-14-10-13(16)15-12-8-6-5-7-11(12)2/h5-8,14H,9-10H2,1-2H3,(H,15,16). The number of hydrogen-bond donors (Lipinski definition) is 2. The number of hydrogen-bond acceptors (Lipinski definition) is 2. The van der Waals surface area contributed by atoms with Crippen LogP contribution in [-0.4, -0.2) is 19.0 Å². The molecule has 0 saturated carbocycles. The average molecular weight is 216 g/mol. The van der Waals surface area contributed by atoms with Gasteiger partial charge in [0, 0.05) is 5.69 Å². The Hall–Kier alpha value is -1.79. The zero-order valence-electron chi connectivity index (χ0n) is 9.63. The minimum absolute atomic E-state index is 0.0489. The highest BCUT2D eigenvalue weighted by Gasteiger charge is 2.02. The fourth-order valence-electron chi connectivity index (χ4n) is 1.23. The lowest BCUT2D eigenvalue weighted by molar-refractivity contribution is -0.115. The Morgan fingerprint density at radius 3 is 2.81 bits per heavy atom. The fraction of sp³-hybridized carbons (Fsp3) is 0.308. The number of para-hydroxylation sites is 1. The fourth-order valence-corrected chi connectivity index (χ4v) is 1.23. The SMILES string of the molecule is CC#CCNCC(=O)Nc1ccccc1C. The Kier molecular flexibility index (Phi) is 5.10. The van der Waals surface area contributed by atoms with E-state index in [9.17, 15) is 4.79 Å². The van der Waals surface area contributed by atoms with Crippen LogP contribution in [0.2, 0.25) is 0 Å². The third kappa shape index (κ3) is 4.16. The van der Waals surface area contributed by atoms with Crippen molar-refractivity contribution in [3.63, 3.8) is 0 Å². The van der Waals surface area contributed by atoms with Crippen LogP contribution in [0.5, 0.6) is 0 Å². The second-order valence-electron chi connectivity index (χ2n) is 3.39. The van der Waals surface area contributed by atoms with Crippen LogP contribution in [0.25, 0.3) is 0 Å². The summed E-state index contributed by atoms with van der Waals surface area (Å²) < 4.78 is 0. The molecular formula is C13H16N2O. The van der Waals surface area contributed by atoms with Gasteiger partial charge in [0.25, 0.3) is 0 Å². The van der Waals surface area contributed by atoms with Gasteiger partial charge >= 0.3 is 0 Å².